The van der Waals surface area contributed by atoms with Crippen LogP contribution >= 0.6 is 11.3 Å². The van der Waals surface area contributed by atoms with Crippen molar-refractivity contribution >= 4 is 39.9 Å². The van der Waals surface area contributed by atoms with Crippen LogP contribution in [0, 0.1) is 22.7 Å². The minimum Gasteiger partial charge on any atom is -0.491 e. The lowest BCUT2D eigenvalue weighted by Crippen LogP contribution is -2.28. The van der Waals surface area contributed by atoms with Crippen LogP contribution in [0.1, 0.15) is 65.8 Å². The van der Waals surface area contributed by atoms with Gasteiger partial charge in [0.05, 0.1) is 12.1 Å². The Morgan fingerprint density at radius 3 is 1.89 bits per heavy atom. The minimum atomic E-state index is -0.148. The van der Waals surface area contributed by atoms with Gasteiger partial charge in [-0.3, -0.25) is 9.59 Å². The highest BCUT2D eigenvalue weighted by Gasteiger charge is 2.17. The third-order valence-corrected chi connectivity index (χ3v) is 9.05. The fraction of sp³-hybridized carbons (Fsp3) is 0.263. The number of anilines is 2. The van der Waals surface area contributed by atoms with Crippen LogP contribution in [-0.4, -0.2) is 44.4 Å². The zero-order valence-corrected chi connectivity index (χ0v) is 27.8. The molecule has 0 radical (unpaired) electrons. The Bertz CT molecular complexity index is 1790. The molecule has 0 bridgehead atoms. The van der Waals surface area contributed by atoms with Crippen LogP contribution in [0.2, 0.25) is 0 Å². The van der Waals surface area contributed by atoms with E-state index < -0.39 is 0 Å². The molecule has 0 aliphatic heterocycles. The van der Waals surface area contributed by atoms with Gasteiger partial charge in [-0.15, -0.1) is 11.3 Å². The normalized spacial score (nSPS) is 10.4. The van der Waals surface area contributed by atoms with E-state index in [4.69, 9.17) is 4.74 Å². The molecular formula is C38H38N4O3S. The number of rotatable bonds is 14. The number of Topliss-reactive ketones (excluding diaryl/α,β-unsaturated/α-hetero) is 2. The van der Waals surface area contributed by atoms with Crippen molar-refractivity contribution in [2.75, 3.05) is 42.6 Å². The third-order valence-electron chi connectivity index (χ3n) is 7.89. The molecule has 234 valence electrons. The summed E-state index contributed by atoms with van der Waals surface area (Å²) in [6, 6.07) is 29.5. The Balaban J connectivity index is 1.50. The number of ketones is 2. The first-order valence-electron chi connectivity index (χ1n) is 15.4. The van der Waals surface area contributed by atoms with Gasteiger partial charge < -0.3 is 14.5 Å². The average molecular weight is 631 g/mol. The molecule has 0 spiro atoms. The molecular weight excluding hydrogens is 593 g/mol. The van der Waals surface area contributed by atoms with Crippen LogP contribution in [0.4, 0.5) is 11.4 Å². The van der Waals surface area contributed by atoms with Gasteiger partial charge in [-0.25, -0.2) is 0 Å². The van der Waals surface area contributed by atoms with Crippen molar-refractivity contribution in [2.24, 2.45) is 0 Å². The molecule has 8 heteroatoms. The molecule has 4 aromatic rings. The summed E-state index contributed by atoms with van der Waals surface area (Å²) in [4.78, 5) is 30.2. The lowest BCUT2D eigenvalue weighted by atomic mass is 9.99. The van der Waals surface area contributed by atoms with E-state index in [2.05, 4.69) is 67.0 Å². The molecule has 0 amide bonds. The molecule has 46 heavy (non-hydrogen) atoms. The van der Waals surface area contributed by atoms with Crippen molar-refractivity contribution in [3.8, 4) is 28.3 Å². The topological polar surface area (TPSA) is 97.4 Å². The summed E-state index contributed by atoms with van der Waals surface area (Å²) in [5, 5.41) is 19.6. The smallest absolute Gasteiger partial charge is 0.163 e. The summed E-state index contributed by atoms with van der Waals surface area (Å²) in [6.45, 7) is 12.8. The second-order valence-corrected chi connectivity index (χ2v) is 11.7. The Labute approximate surface area is 275 Å². The zero-order chi connectivity index (χ0) is 33.2. The molecule has 0 aliphatic rings. The van der Waals surface area contributed by atoms with Crippen LogP contribution in [-0.2, 0) is 0 Å². The zero-order valence-electron chi connectivity index (χ0n) is 27.0. The number of hydrogen-bond acceptors (Lipinski definition) is 8. The lowest BCUT2D eigenvalue weighted by Gasteiger charge is -2.23. The largest absolute Gasteiger partial charge is 0.491 e. The molecule has 0 saturated heterocycles. The molecule has 0 saturated carbocycles. The standard InChI is InChI=1S/C38H38N4O3S/c1-6-41(7-2)32-16-11-29(12-17-32)38(31(24-39)25-40)37-20-19-36(46-37)28-9-14-33(15-10-28)42(8-3)21-22-45-35-18-13-30(26(4)43)23-34(35)27(5)44/h9-20,23H,6-8,21-22H2,1-5H3. The van der Waals surface area contributed by atoms with Crippen molar-refractivity contribution < 1.29 is 14.3 Å². The van der Waals surface area contributed by atoms with Gasteiger partial charge in [0.25, 0.3) is 0 Å². The molecule has 0 fully saturated rings. The quantitative estimate of drug-likeness (QED) is 0.102. The van der Waals surface area contributed by atoms with Gasteiger partial charge >= 0.3 is 0 Å². The van der Waals surface area contributed by atoms with Gasteiger partial charge in [0.2, 0.25) is 0 Å². The number of hydrogen-bond donors (Lipinski definition) is 0. The van der Waals surface area contributed by atoms with E-state index in [0.29, 0.717) is 35.6 Å². The number of carbonyl (C=O) groups is 2. The third kappa shape index (κ3) is 7.72. The molecule has 1 aromatic heterocycles. The highest BCUT2D eigenvalue weighted by molar-refractivity contribution is 7.16. The Morgan fingerprint density at radius 2 is 1.33 bits per heavy atom. The summed E-state index contributed by atoms with van der Waals surface area (Å²) in [7, 11) is 0. The highest BCUT2D eigenvalue weighted by atomic mass is 32.1. The van der Waals surface area contributed by atoms with Gasteiger partial charge in [0.1, 0.15) is 30.1 Å². The van der Waals surface area contributed by atoms with Crippen LogP contribution in [0.25, 0.3) is 16.0 Å². The lowest BCUT2D eigenvalue weighted by molar-refractivity contribution is 0.101. The van der Waals surface area contributed by atoms with Crippen molar-refractivity contribution in [2.45, 2.75) is 34.6 Å². The van der Waals surface area contributed by atoms with Gasteiger partial charge in [-0.1, -0.05) is 24.3 Å². The Kier molecular flexibility index (Phi) is 11.5. The Morgan fingerprint density at radius 1 is 0.739 bits per heavy atom. The summed E-state index contributed by atoms with van der Waals surface area (Å²) in [5.74, 6) is 0.228. The maximum atomic E-state index is 12.2. The first-order valence-corrected chi connectivity index (χ1v) is 16.2. The monoisotopic (exact) mass is 630 g/mol. The molecule has 0 N–H and O–H groups in total. The molecule has 0 aliphatic carbocycles. The van der Waals surface area contributed by atoms with Gasteiger partial charge in [0.15, 0.2) is 11.6 Å². The number of likely N-dealkylation sites (N-methyl/N-ethyl adjacent to an activating group) is 1. The second kappa shape index (κ2) is 15.7. The van der Waals surface area contributed by atoms with E-state index in [9.17, 15) is 20.1 Å². The van der Waals surface area contributed by atoms with Crippen LogP contribution < -0.4 is 14.5 Å². The second-order valence-electron chi connectivity index (χ2n) is 10.7. The van der Waals surface area contributed by atoms with Crippen LogP contribution in [0.15, 0.2) is 84.4 Å². The minimum absolute atomic E-state index is 0.0883. The van der Waals surface area contributed by atoms with E-state index >= 15 is 0 Å². The van der Waals surface area contributed by atoms with E-state index in [0.717, 1.165) is 51.9 Å². The SMILES string of the molecule is CCN(CC)c1ccc(C(=C(C#N)C#N)c2ccc(-c3ccc(N(CC)CCOc4ccc(C(C)=O)cc4C(C)=O)cc3)s2)cc1. The summed E-state index contributed by atoms with van der Waals surface area (Å²) in [5.41, 5.74) is 5.64. The number of nitriles is 2. The maximum Gasteiger partial charge on any atom is 0.163 e. The number of allylic oxidation sites excluding steroid dienone is 1. The first-order chi connectivity index (χ1) is 22.2. The van der Waals surface area contributed by atoms with Crippen LogP contribution in [0.3, 0.4) is 0 Å². The Hall–Kier alpha value is -5.18. The molecule has 4 rings (SSSR count). The van der Waals surface area contributed by atoms with Crippen LogP contribution in [0.5, 0.6) is 5.75 Å². The summed E-state index contributed by atoms with van der Waals surface area (Å²) in [6.07, 6.45) is 0. The van der Waals surface area contributed by atoms with Gasteiger partial charge in [0, 0.05) is 51.9 Å². The van der Waals surface area contributed by atoms with E-state index in [1.54, 1.807) is 29.5 Å². The number of thiophene rings is 1. The predicted octanol–water partition coefficient (Wildman–Crippen LogP) is 8.42. The molecule has 0 atom stereocenters. The predicted molar refractivity (Wildman–Crippen MR) is 187 cm³/mol. The van der Waals surface area contributed by atoms with E-state index in [1.807, 2.05) is 36.4 Å². The number of carbonyl (C=O) groups excluding carboxylic acids is 2. The summed E-state index contributed by atoms with van der Waals surface area (Å²) >= 11 is 1.55. The van der Waals surface area contributed by atoms with Crippen molar-refractivity contribution in [1.29, 1.82) is 10.5 Å². The van der Waals surface area contributed by atoms with Crippen molar-refractivity contribution in [3.05, 3.63) is 106 Å². The van der Waals surface area contributed by atoms with Crippen molar-refractivity contribution in [1.82, 2.24) is 0 Å². The fourth-order valence-electron chi connectivity index (χ4n) is 5.32. The summed E-state index contributed by atoms with van der Waals surface area (Å²) < 4.78 is 5.98. The molecule has 1 heterocycles. The molecule has 0 unspecified atom stereocenters. The molecule has 7 nitrogen and oxygen atoms in total. The number of benzene rings is 3. The van der Waals surface area contributed by atoms with Gasteiger partial charge in [-0.2, -0.15) is 10.5 Å². The number of nitrogens with zero attached hydrogens (tertiary/aromatic N) is 4. The van der Waals surface area contributed by atoms with Gasteiger partial charge in [-0.05, 0) is 100 Å². The fourth-order valence-corrected chi connectivity index (χ4v) is 6.41. The highest BCUT2D eigenvalue weighted by Crippen LogP contribution is 2.37. The molecule has 3 aromatic carbocycles. The number of ether oxygens (including phenoxy) is 1. The average Bonchev–Trinajstić information content (AvgIpc) is 3.56. The van der Waals surface area contributed by atoms with E-state index in [1.165, 1.54) is 13.8 Å². The van der Waals surface area contributed by atoms with Crippen molar-refractivity contribution in [3.63, 3.8) is 0 Å². The first kappa shape index (κ1) is 33.7. The maximum absolute atomic E-state index is 12.2. The van der Waals surface area contributed by atoms with E-state index in [-0.39, 0.29) is 17.1 Å².